The molecule has 0 radical (unpaired) electrons. The molecule has 0 aromatic heterocycles. The first-order valence-electron chi connectivity index (χ1n) is 5.10. The van der Waals surface area contributed by atoms with Gasteiger partial charge in [0.1, 0.15) is 0 Å². The highest BCUT2D eigenvalue weighted by Gasteiger charge is 2.20. The Kier molecular flexibility index (Phi) is 4.93. The molecule has 0 amide bonds. The molecule has 0 N–H and O–H groups in total. The summed E-state index contributed by atoms with van der Waals surface area (Å²) in [6.07, 6.45) is 0.237. The van der Waals surface area contributed by atoms with Crippen molar-refractivity contribution >= 4 is 21.9 Å². The van der Waals surface area contributed by atoms with Gasteiger partial charge < -0.3 is 4.74 Å². The second-order valence-electron chi connectivity index (χ2n) is 3.49. The number of carbonyl (C=O) groups is 1. The van der Waals surface area contributed by atoms with Gasteiger partial charge in [0.25, 0.3) is 0 Å². The predicted molar refractivity (Wildman–Crippen MR) is 64.0 cm³/mol. The fourth-order valence-corrected chi connectivity index (χ4v) is 2.03. The first-order valence-corrected chi connectivity index (χ1v) is 5.89. The molecule has 2 nitrogen and oxygen atoms in total. The van der Waals surface area contributed by atoms with Crippen molar-refractivity contribution in [2.75, 3.05) is 7.11 Å². The van der Waals surface area contributed by atoms with Crippen LogP contribution in [0.3, 0.4) is 0 Å². The Balaban J connectivity index is 2.92. The van der Waals surface area contributed by atoms with Gasteiger partial charge in [-0.25, -0.2) is 9.18 Å². The zero-order valence-corrected chi connectivity index (χ0v) is 10.9. The molecule has 1 unspecified atom stereocenters. The van der Waals surface area contributed by atoms with Crippen LogP contribution in [0.4, 0.5) is 4.39 Å². The van der Waals surface area contributed by atoms with Gasteiger partial charge >= 0.3 is 5.97 Å². The molecule has 0 aliphatic rings. The molecule has 0 saturated heterocycles. The molecule has 0 fully saturated rings. The van der Waals surface area contributed by atoms with E-state index in [4.69, 9.17) is 0 Å². The van der Waals surface area contributed by atoms with Crippen molar-refractivity contribution in [3.63, 3.8) is 0 Å². The maximum Gasteiger partial charge on any atom is 0.345 e. The molecule has 0 saturated carbocycles. The van der Waals surface area contributed by atoms with Crippen LogP contribution < -0.4 is 0 Å². The average Bonchev–Trinajstić information content (AvgIpc) is 2.30. The lowest BCUT2D eigenvalue weighted by molar-refractivity contribution is -0.146. The molecule has 1 aromatic rings. The average molecular weight is 289 g/mol. The minimum absolute atomic E-state index is 0.318. The summed E-state index contributed by atoms with van der Waals surface area (Å²) in [6, 6.07) is 5.09. The molecule has 1 aromatic carbocycles. The smallest absolute Gasteiger partial charge is 0.345 e. The monoisotopic (exact) mass is 288 g/mol. The zero-order chi connectivity index (χ0) is 12.1. The summed E-state index contributed by atoms with van der Waals surface area (Å²) in [7, 11) is 1.18. The van der Waals surface area contributed by atoms with E-state index in [2.05, 4.69) is 27.6 Å². The second-order valence-corrected chi connectivity index (χ2v) is 4.34. The van der Waals surface area contributed by atoms with E-state index in [-0.39, 0.29) is 0 Å². The highest BCUT2D eigenvalue weighted by atomic mass is 79.9. The van der Waals surface area contributed by atoms with Crippen LogP contribution >= 0.6 is 15.9 Å². The quantitative estimate of drug-likeness (QED) is 0.792. The highest BCUT2D eigenvalue weighted by molar-refractivity contribution is 9.10. The standard InChI is InChI=1S/C12H14BrFO2/c1-3-4-8-5-6-9(7-10(8)13)11(14)12(15)16-2/h5-7,11H,3-4H2,1-2H3. The highest BCUT2D eigenvalue weighted by Crippen LogP contribution is 2.26. The van der Waals surface area contributed by atoms with E-state index in [0.29, 0.717) is 5.56 Å². The summed E-state index contributed by atoms with van der Waals surface area (Å²) in [6.45, 7) is 2.08. The summed E-state index contributed by atoms with van der Waals surface area (Å²) < 4.78 is 18.7. The van der Waals surface area contributed by atoms with E-state index in [9.17, 15) is 9.18 Å². The molecule has 1 atom stereocenters. The number of hydrogen-bond donors (Lipinski definition) is 0. The van der Waals surface area contributed by atoms with Crippen LogP contribution in [0.2, 0.25) is 0 Å². The molecular formula is C12H14BrFO2. The fourth-order valence-electron chi connectivity index (χ4n) is 1.43. The second kappa shape index (κ2) is 5.99. The Morgan fingerprint density at radius 3 is 2.75 bits per heavy atom. The third kappa shape index (κ3) is 3.04. The molecular weight excluding hydrogens is 275 g/mol. The first kappa shape index (κ1) is 13.2. The summed E-state index contributed by atoms with van der Waals surface area (Å²) >= 11 is 3.37. The Morgan fingerprint density at radius 1 is 1.56 bits per heavy atom. The van der Waals surface area contributed by atoms with Gasteiger partial charge in [0, 0.05) is 4.47 Å². The van der Waals surface area contributed by atoms with Crippen LogP contribution in [0.25, 0.3) is 0 Å². The topological polar surface area (TPSA) is 26.3 Å². The normalized spacial score (nSPS) is 12.2. The summed E-state index contributed by atoms with van der Waals surface area (Å²) in [5.74, 6) is -0.866. The summed E-state index contributed by atoms with van der Waals surface area (Å²) in [5, 5.41) is 0. The Labute approximate surface area is 103 Å². The largest absolute Gasteiger partial charge is 0.467 e. The maximum atomic E-state index is 13.5. The lowest BCUT2D eigenvalue weighted by Gasteiger charge is -2.09. The van der Waals surface area contributed by atoms with Crippen molar-refractivity contribution in [2.24, 2.45) is 0 Å². The fraction of sp³-hybridized carbons (Fsp3) is 0.417. The van der Waals surface area contributed by atoms with Gasteiger partial charge in [-0.05, 0) is 23.6 Å². The van der Waals surface area contributed by atoms with Crippen molar-refractivity contribution in [3.05, 3.63) is 33.8 Å². The number of ether oxygens (including phenoxy) is 1. The van der Waals surface area contributed by atoms with E-state index < -0.39 is 12.1 Å². The van der Waals surface area contributed by atoms with E-state index in [1.54, 1.807) is 12.1 Å². The van der Waals surface area contributed by atoms with E-state index in [1.165, 1.54) is 7.11 Å². The molecule has 4 heteroatoms. The lowest BCUT2D eigenvalue weighted by atomic mass is 10.1. The van der Waals surface area contributed by atoms with Gasteiger partial charge in [-0.3, -0.25) is 0 Å². The molecule has 1 rings (SSSR count). The van der Waals surface area contributed by atoms with Crippen molar-refractivity contribution in [1.29, 1.82) is 0 Å². The number of rotatable bonds is 4. The molecule has 0 aliphatic carbocycles. The van der Waals surface area contributed by atoms with Crippen molar-refractivity contribution < 1.29 is 13.9 Å². The first-order chi connectivity index (χ1) is 7.60. The Bertz CT molecular complexity index is 379. The minimum atomic E-state index is -1.71. The number of esters is 1. The van der Waals surface area contributed by atoms with Gasteiger partial charge in [-0.15, -0.1) is 0 Å². The van der Waals surface area contributed by atoms with Gasteiger partial charge in [-0.2, -0.15) is 0 Å². The third-order valence-corrected chi connectivity index (χ3v) is 3.04. The zero-order valence-electron chi connectivity index (χ0n) is 9.30. The van der Waals surface area contributed by atoms with Crippen LogP contribution in [-0.2, 0) is 16.0 Å². The summed E-state index contributed by atoms with van der Waals surface area (Å²) in [5.41, 5.74) is 1.43. The maximum absolute atomic E-state index is 13.5. The van der Waals surface area contributed by atoms with E-state index >= 15 is 0 Å². The molecule has 88 valence electrons. The number of halogens is 2. The Hall–Kier alpha value is -0.900. The molecule has 0 aliphatic heterocycles. The Morgan fingerprint density at radius 2 is 2.25 bits per heavy atom. The van der Waals surface area contributed by atoms with E-state index in [0.717, 1.165) is 22.9 Å². The van der Waals surface area contributed by atoms with Gasteiger partial charge in [0.15, 0.2) is 0 Å². The van der Waals surface area contributed by atoms with Crippen molar-refractivity contribution in [1.82, 2.24) is 0 Å². The molecule has 0 heterocycles. The number of hydrogen-bond acceptors (Lipinski definition) is 2. The van der Waals surface area contributed by atoms with Gasteiger partial charge in [0.2, 0.25) is 6.17 Å². The number of alkyl halides is 1. The third-order valence-electron chi connectivity index (χ3n) is 2.30. The SMILES string of the molecule is CCCc1ccc(C(F)C(=O)OC)cc1Br. The van der Waals surface area contributed by atoms with Crippen LogP contribution in [-0.4, -0.2) is 13.1 Å². The number of benzene rings is 1. The molecule has 0 bridgehead atoms. The van der Waals surface area contributed by atoms with Crippen molar-refractivity contribution in [2.45, 2.75) is 25.9 Å². The van der Waals surface area contributed by atoms with E-state index in [1.807, 2.05) is 6.07 Å². The van der Waals surface area contributed by atoms with Crippen LogP contribution in [0.1, 0.15) is 30.6 Å². The van der Waals surface area contributed by atoms with Gasteiger partial charge in [0.05, 0.1) is 7.11 Å². The summed E-state index contributed by atoms with van der Waals surface area (Å²) in [4.78, 5) is 11.0. The number of aryl methyl sites for hydroxylation is 1. The minimum Gasteiger partial charge on any atom is -0.467 e. The molecule has 16 heavy (non-hydrogen) atoms. The lowest BCUT2D eigenvalue weighted by Crippen LogP contribution is -2.09. The van der Waals surface area contributed by atoms with Crippen LogP contribution in [0, 0.1) is 0 Å². The number of methoxy groups -OCH3 is 1. The van der Waals surface area contributed by atoms with Gasteiger partial charge in [-0.1, -0.05) is 41.4 Å². The molecule has 0 spiro atoms. The number of carbonyl (C=O) groups excluding carboxylic acids is 1. The predicted octanol–water partition coefficient (Wildman–Crippen LogP) is 3.59. The van der Waals surface area contributed by atoms with Crippen LogP contribution in [0.5, 0.6) is 0 Å². The van der Waals surface area contributed by atoms with Crippen molar-refractivity contribution in [3.8, 4) is 0 Å². The van der Waals surface area contributed by atoms with Crippen LogP contribution in [0.15, 0.2) is 22.7 Å².